The van der Waals surface area contributed by atoms with Gasteiger partial charge < -0.3 is 24.3 Å². The van der Waals surface area contributed by atoms with Crippen LogP contribution in [0.25, 0.3) is 0 Å². The Balaban J connectivity index is 1.72. The van der Waals surface area contributed by atoms with E-state index in [0.29, 0.717) is 6.61 Å². The lowest BCUT2D eigenvalue weighted by molar-refractivity contribution is -0.0590. The van der Waals surface area contributed by atoms with Crippen molar-refractivity contribution in [3.63, 3.8) is 0 Å². The van der Waals surface area contributed by atoms with Crippen LogP contribution in [0.4, 0.5) is 0 Å². The van der Waals surface area contributed by atoms with Crippen molar-refractivity contribution in [1.82, 2.24) is 5.32 Å². The molecule has 1 aromatic carbocycles. The number of benzene rings is 1. The number of nitrogens with one attached hydrogen (secondary N) is 1. The first-order valence-corrected chi connectivity index (χ1v) is 7.74. The largest absolute Gasteiger partial charge is 0.487 e. The Morgan fingerprint density at radius 1 is 1.19 bits per heavy atom. The van der Waals surface area contributed by atoms with Crippen LogP contribution in [0.3, 0.4) is 0 Å². The van der Waals surface area contributed by atoms with Gasteiger partial charge in [0.05, 0.1) is 6.10 Å². The van der Waals surface area contributed by atoms with Gasteiger partial charge in [0.2, 0.25) is 6.79 Å². The third kappa shape index (κ3) is 2.24. The zero-order valence-electron chi connectivity index (χ0n) is 12.3. The van der Waals surface area contributed by atoms with Crippen LogP contribution in [0, 0.1) is 0 Å². The predicted octanol–water partition coefficient (Wildman–Crippen LogP) is 2.40. The van der Waals surface area contributed by atoms with Crippen molar-refractivity contribution in [2.24, 2.45) is 0 Å². The highest BCUT2D eigenvalue weighted by Gasteiger charge is 2.43. The summed E-state index contributed by atoms with van der Waals surface area (Å²) in [6.07, 6.45) is 3.02. The molecule has 3 aliphatic rings. The molecule has 114 valence electrons. The molecule has 1 saturated heterocycles. The second kappa shape index (κ2) is 5.07. The van der Waals surface area contributed by atoms with Crippen molar-refractivity contribution >= 4 is 0 Å². The lowest BCUT2D eigenvalue weighted by Crippen LogP contribution is -2.49. The fourth-order valence-electron chi connectivity index (χ4n) is 3.54. The summed E-state index contributed by atoms with van der Waals surface area (Å²) in [5.74, 6) is 2.46. The molecule has 1 aromatic rings. The lowest BCUT2D eigenvalue weighted by atomic mass is 9.82. The van der Waals surface area contributed by atoms with Crippen molar-refractivity contribution in [1.29, 1.82) is 0 Å². The molecule has 1 spiro atoms. The van der Waals surface area contributed by atoms with Gasteiger partial charge in [0.25, 0.3) is 0 Å². The van der Waals surface area contributed by atoms with E-state index >= 15 is 0 Å². The Morgan fingerprint density at radius 2 is 1.95 bits per heavy atom. The maximum absolute atomic E-state index is 6.41. The Bertz CT molecular complexity index is 539. The molecule has 1 N–H and O–H groups in total. The summed E-state index contributed by atoms with van der Waals surface area (Å²) in [6.45, 7) is 5.02. The van der Waals surface area contributed by atoms with Crippen LogP contribution in [0.15, 0.2) is 12.1 Å². The van der Waals surface area contributed by atoms with E-state index in [0.717, 1.165) is 55.2 Å². The molecule has 4 rings (SSSR count). The zero-order valence-corrected chi connectivity index (χ0v) is 12.3. The fourth-order valence-corrected chi connectivity index (χ4v) is 3.54. The number of fused-ring (bicyclic) bond motifs is 2. The number of rotatable bonds is 2. The maximum Gasteiger partial charge on any atom is 0.231 e. The van der Waals surface area contributed by atoms with E-state index in [9.17, 15) is 0 Å². The molecule has 0 aromatic heterocycles. The minimum atomic E-state index is -0.105. The van der Waals surface area contributed by atoms with Gasteiger partial charge >= 0.3 is 0 Å². The zero-order chi connectivity index (χ0) is 14.3. The van der Waals surface area contributed by atoms with Crippen LogP contribution < -0.4 is 19.5 Å². The third-order valence-electron chi connectivity index (χ3n) is 4.62. The summed E-state index contributed by atoms with van der Waals surface area (Å²) in [4.78, 5) is 0. The summed E-state index contributed by atoms with van der Waals surface area (Å²) in [5, 5.41) is 3.40. The first kappa shape index (κ1) is 13.2. The molecule has 0 aliphatic carbocycles. The van der Waals surface area contributed by atoms with E-state index in [1.54, 1.807) is 0 Å². The van der Waals surface area contributed by atoms with E-state index < -0.39 is 0 Å². The van der Waals surface area contributed by atoms with Gasteiger partial charge in [-0.15, -0.1) is 0 Å². The van der Waals surface area contributed by atoms with Crippen LogP contribution in [0.1, 0.15) is 37.9 Å². The van der Waals surface area contributed by atoms with Crippen molar-refractivity contribution < 1.29 is 18.9 Å². The van der Waals surface area contributed by atoms with Crippen molar-refractivity contribution in [2.75, 3.05) is 26.5 Å². The highest BCUT2D eigenvalue weighted by Crippen LogP contribution is 2.49. The summed E-state index contributed by atoms with van der Waals surface area (Å²) in [5.41, 5.74) is 0.983. The van der Waals surface area contributed by atoms with Crippen molar-refractivity contribution in [2.45, 2.75) is 37.9 Å². The molecule has 1 fully saturated rings. The summed E-state index contributed by atoms with van der Waals surface area (Å²) >= 11 is 0. The first-order valence-electron chi connectivity index (χ1n) is 7.74. The molecule has 3 heterocycles. The standard InChI is InChI=1S/C16H21NO4/c1-2-18-15-9-16(3-5-17-6-4-16)21-12-8-14-13(7-11(12)15)19-10-20-14/h7-8,15,17H,2-6,9-10H2,1H3. The molecule has 0 amide bonds. The molecule has 3 aliphatic heterocycles. The second-order valence-electron chi connectivity index (χ2n) is 5.93. The van der Waals surface area contributed by atoms with E-state index in [1.165, 1.54) is 0 Å². The SMILES string of the molecule is CCOC1CC2(CCNCC2)Oc2cc3c(cc21)OCO3. The summed E-state index contributed by atoms with van der Waals surface area (Å²) < 4.78 is 23.4. The van der Waals surface area contributed by atoms with Crippen LogP contribution in [-0.4, -0.2) is 32.1 Å². The van der Waals surface area contributed by atoms with Gasteiger partial charge in [-0.3, -0.25) is 0 Å². The molecular formula is C16H21NO4. The third-order valence-corrected chi connectivity index (χ3v) is 4.62. The van der Waals surface area contributed by atoms with Gasteiger partial charge in [-0.1, -0.05) is 0 Å². The Kier molecular flexibility index (Phi) is 3.19. The molecule has 5 nitrogen and oxygen atoms in total. The highest BCUT2D eigenvalue weighted by atomic mass is 16.7. The van der Waals surface area contributed by atoms with Gasteiger partial charge in [0.1, 0.15) is 11.4 Å². The second-order valence-corrected chi connectivity index (χ2v) is 5.93. The number of ether oxygens (including phenoxy) is 4. The Hall–Kier alpha value is -1.46. The molecule has 0 radical (unpaired) electrons. The maximum atomic E-state index is 6.41. The predicted molar refractivity (Wildman–Crippen MR) is 77.0 cm³/mol. The van der Waals surface area contributed by atoms with Crippen LogP contribution in [0.2, 0.25) is 0 Å². The van der Waals surface area contributed by atoms with Crippen LogP contribution in [-0.2, 0) is 4.74 Å². The van der Waals surface area contributed by atoms with E-state index in [2.05, 4.69) is 5.32 Å². The monoisotopic (exact) mass is 291 g/mol. The molecule has 0 bridgehead atoms. The molecule has 5 heteroatoms. The van der Waals surface area contributed by atoms with Crippen LogP contribution >= 0.6 is 0 Å². The average molecular weight is 291 g/mol. The molecule has 1 unspecified atom stereocenters. The quantitative estimate of drug-likeness (QED) is 0.906. The first-order chi connectivity index (χ1) is 10.3. The molecule has 21 heavy (non-hydrogen) atoms. The minimum absolute atomic E-state index is 0.0753. The Labute approximate surface area is 124 Å². The van der Waals surface area contributed by atoms with E-state index in [1.807, 2.05) is 19.1 Å². The van der Waals surface area contributed by atoms with Crippen LogP contribution in [0.5, 0.6) is 17.2 Å². The number of hydrogen-bond acceptors (Lipinski definition) is 5. The topological polar surface area (TPSA) is 49.0 Å². The van der Waals surface area contributed by atoms with E-state index in [4.69, 9.17) is 18.9 Å². The van der Waals surface area contributed by atoms with Gasteiger partial charge in [-0.2, -0.15) is 0 Å². The average Bonchev–Trinajstić information content (AvgIpc) is 2.93. The van der Waals surface area contributed by atoms with Crippen molar-refractivity contribution in [3.05, 3.63) is 17.7 Å². The summed E-state index contributed by atoms with van der Waals surface area (Å²) in [7, 11) is 0. The number of hydrogen-bond donors (Lipinski definition) is 1. The van der Waals surface area contributed by atoms with Gasteiger partial charge in [-0.05, 0) is 38.9 Å². The van der Waals surface area contributed by atoms with Gasteiger partial charge in [0.15, 0.2) is 11.5 Å². The van der Waals surface area contributed by atoms with Crippen molar-refractivity contribution in [3.8, 4) is 17.2 Å². The van der Waals surface area contributed by atoms with E-state index in [-0.39, 0.29) is 18.5 Å². The fraction of sp³-hybridized carbons (Fsp3) is 0.625. The van der Waals surface area contributed by atoms with Gasteiger partial charge in [0, 0.05) is 24.7 Å². The highest BCUT2D eigenvalue weighted by molar-refractivity contribution is 5.53. The lowest BCUT2D eigenvalue weighted by Gasteiger charge is -2.44. The molecular weight excluding hydrogens is 270 g/mol. The normalized spacial score (nSPS) is 25.5. The molecule has 1 atom stereocenters. The summed E-state index contributed by atoms with van der Waals surface area (Å²) in [6, 6.07) is 3.98. The smallest absolute Gasteiger partial charge is 0.231 e. The van der Waals surface area contributed by atoms with Gasteiger partial charge in [-0.25, -0.2) is 0 Å². The minimum Gasteiger partial charge on any atom is -0.487 e. The Morgan fingerprint density at radius 3 is 2.71 bits per heavy atom. The molecule has 0 saturated carbocycles. The number of piperidine rings is 1.